The predicted molar refractivity (Wildman–Crippen MR) is 90.2 cm³/mol. The first-order valence-corrected chi connectivity index (χ1v) is 7.16. The lowest BCUT2D eigenvalue weighted by molar-refractivity contribution is -0.132. The Morgan fingerprint density at radius 3 is 2.35 bits per heavy atom. The molecular formula is C18H15N3O2. The third-order valence-electron chi connectivity index (χ3n) is 3.40. The molecule has 0 aliphatic carbocycles. The van der Waals surface area contributed by atoms with Gasteiger partial charge in [-0.2, -0.15) is 0 Å². The molecule has 3 aromatic rings. The van der Waals surface area contributed by atoms with Crippen molar-refractivity contribution < 1.29 is 9.59 Å². The van der Waals surface area contributed by atoms with E-state index >= 15 is 0 Å². The number of nitrogens with one attached hydrogen (secondary N) is 2. The van der Waals surface area contributed by atoms with E-state index in [4.69, 9.17) is 0 Å². The Morgan fingerprint density at radius 1 is 0.870 bits per heavy atom. The number of hydrogen-bond acceptors (Lipinski definition) is 3. The van der Waals surface area contributed by atoms with Crippen LogP contribution >= 0.6 is 0 Å². The number of para-hydroxylation sites is 1. The zero-order valence-electron chi connectivity index (χ0n) is 12.5. The van der Waals surface area contributed by atoms with Gasteiger partial charge in [-0.25, -0.2) is 0 Å². The minimum Gasteiger partial charge on any atom is -0.318 e. The summed E-state index contributed by atoms with van der Waals surface area (Å²) in [6.45, 7) is 1.95. The highest BCUT2D eigenvalue weighted by Crippen LogP contribution is 2.20. The fraction of sp³-hybridized carbons (Fsp3) is 0.0556. The summed E-state index contributed by atoms with van der Waals surface area (Å²) in [5, 5.41) is 6.06. The van der Waals surface area contributed by atoms with Gasteiger partial charge in [0, 0.05) is 17.3 Å². The first kappa shape index (κ1) is 14.7. The summed E-state index contributed by atoms with van der Waals surface area (Å²) >= 11 is 0. The van der Waals surface area contributed by atoms with Crippen LogP contribution in [0.3, 0.4) is 0 Å². The monoisotopic (exact) mass is 305 g/mol. The van der Waals surface area contributed by atoms with E-state index in [1.54, 1.807) is 30.5 Å². The van der Waals surface area contributed by atoms with Crippen molar-refractivity contribution in [3.8, 4) is 0 Å². The maximum atomic E-state index is 12.1. The normalized spacial score (nSPS) is 10.3. The summed E-state index contributed by atoms with van der Waals surface area (Å²) in [5.74, 6) is -1.45. The fourth-order valence-electron chi connectivity index (χ4n) is 2.21. The van der Waals surface area contributed by atoms with Crippen LogP contribution in [0, 0.1) is 6.92 Å². The first-order valence-electron chi connectivity index (χ1n) is 7.16. The number of aryl methyl sites for hydroxylation is 1. The van der Waals surface area contributed by atoms with Gasteiger partial charge < -0.3 is 10.6 Å². The van der Waals surface area contributed by atoms with Gasteiger partial charge in [-0.05, 0) is 31.2 Å². The van der Waals surface area contributed by atoms with Crippen LogP contribution in [0.4, 0.5) is 11.4 Å². The Morgan fingerprint density at radius 2 is 1.57 bits per heavy atom. The number of amides is 2. The number of rotatable bonds is 2. The van der Waals surface area contributed by atoms with Crippen LogP contribution in [-0.4, -0.2) is 16.8 Å². The minimum atomic E-state index is -0.733. The van der Waals surface area contributed by atoms with Crippen molar-refractivity contribution in [1.82, 2.24) is 4.98 Å². The molecule has 0 aliphatic heterocycles. The molecule has 0 bridgehead atoms. The lowest BCUT2D eigenvalue weighted by atomic mass is 10.2. The van der Waals surface area contributed by atoms with Crippen molar-refractivity contribution >= 4 is 34.1 Å². The van der Waals surface area contributed by atoms with Crippen LogP contribution in [0.25, 0.3) is 10.9 Å². The first-order chi connectivity index (χ1) is 11.1. The quantitative estimate of drug-likeness (QED) is 0.715. The Balaban J connectivity index is 1.75. The van der Waals surface area contributed by atoms with Crippen molar-refractivity contribution in [2.75, 3.05) is 10.6 Å². The van der Waals surface area contributed by atoms with Crippen molar-refractivity contribution in [2.45, 2.75) is 6.92 Å². The lowest BCUT2D eigenvalue weighted by Gasteiger charge is -2.08. The highest BCUT2D eigenvalue weighted by Gasteiger charge is 2.15. The molecule has 5 nitrogen and oxygen atoms in total. The van der Waals surface area contributed by atoms with Gasteiger partial charge in [0.05, 0.1) is 11.2 Å². The summed E-state index contributed by atoms with van der Waals surface area (Å²) < 4.78 is 0. The smallest absolute Gasteiger partial charge is 0.314 e. The molecule has 2 aromatic carbocycles. The number of aromatic nitrogens is 1. The highest BCUT2D eigenvalue weighted by atomic mass is 16.2. The number of fused-ring (bicyclic) bond motifs is 1. The SMILES string of the molecule is Cc1ccc(NC(=O)C(=O)Nc2cccc3cccnc23)cc1. The number of carbonyl (C=O) groups excluding carboxylic acids is 2. The van der Waals surface area contributed by atoms with Crippen LogP contribution in [0.1, 0.15) is 5.56 Å². The van der Waals surface area contributed by atoms with Gasteiger partial charge in [-0.15, -0.1) is 0 Å². The molecule has 0 saturated carbocycles. The molecule has 1 aromatic heterocycles. The third kappa shape index (κ3) is 3.35. The molecule has 114 valence electrons. The maximum absolute atomic E-state index is 12.1. The summed E-state index contributed by atoms with van der Waals surface area (Å²) in [5.41, 5.74) is 2.81. The molecule has 2 amide bonds. The second-order valence-corrected chi connectivity index (χ2v) is 5.15. The van der Waals surface area contributed by atoms with Gasteiger partial charge in [0.25, 0.3) is 0 Å². The molecule has 0 unspecified atom stereocenters. The Bertz CT molecular complexity index is 868. The standard InChI is InChI=1S/C18H15N3O2/c1-12-7-9-14(10-8-12)20-17(22)18(23)21-15-6-2-4-13-5-3-11-19-16(13)15/h2-11H,1H3,(H,20,22)(H,21,23). The Hall–Kier alpha value is -3.21. The van der Waals surface area contributed by atoms with Gasteiger partial charge in [0.1, 0.15) is 0 Å². The summed E-state index contributed by atoms with van der Waals surface area (Å²) in [4.78, 5) is 28.3. The average Bonchev–Trinajstić information content (AvgIpc) is 2.57. The minimum absolute atomic E-state index is 0.507. The molecule has 5 heteroatoms. The van der Waals surface area contributed by atoms with E-state index in [0.29, 0.717) is 16.9 Å². The van der Waals surface area contributed by atoms with E-state index in [-0.39, 0.29) is 0 Å². The van der Waals surface area contributed by atoms with E-state index in [0.717, 1.165) is 10.9 Å². The number of hydrogen-bond donors (Lipinski definition) is 2. The molecule has 0 fully saturated rings. The van der Waals surface area contributed by atoms with Gasteiger partial charge in [0.15, 0.2) is 0 Å². The van der Waals surface area contributed by atoms with Gasteiger partial charge in [-0.1, -0.05) is 35.9 Å². The number of nitrogens with zero attached hydrogens (tertiary/aromatic N) is 1. The zero-order chi connectivity index (χ0) is 16.2. The number of carbonyl (C=O) groups is 2. The number of benzene rings is 2. The summed E-state index contributed by atoms with van der Waals surface area (Å²) in [6.07, 6.45) is 1.64. The number of anilines is 2. The molecule has 23 heavy (non-hydrogen) atoms. The van der Waals surface area contributed by atoms with E-state index < -0.39 is 11.8 Å². The zero-order valence-corrected chi connectivity index (χ0v) is 12.5. The van der Waals surface area contributed by atoms with E-state index in [1.807, 2.05) is 37.3 Å². The molecule has 1 heterocycles. The third-order valence-corrected chi connectivity index (χ3v) is 3.40. The second-order valence-electron chi connectivity index (χ2n) is 5.15. The van der Waals surface area contributed by atoms with Crippen molar-refractivity contribution in [2.24, 2.45) is 0 Å². The molecule has 0 aliphatic rings. The molecule has 3 rings (SSSR count). The van der Waals surface area contributed by atoms with Crippen LogP contribution in [0.2, 0.25) is 0 Å². The van der Waals surface area contributed by atoms with Crippen LogP contribution < -0.4 is 10.6 Å². The highest BCUT2D eigenvalue weighted by molar-refractivity contribution is 6.44. The van der Waals surface area contributed by atoms with E-state index in [1.165, 1.54) is 0 Å². The lowest BCUT2D eigenvalue weighted by Crippen LogP contribution is -2.29. The summed E-state index contributed by atoms with van der Waals surface area (Å²) in [6, 6.07) is 16.3. The van der Waals surface area contributed by atoms with Gasteiger partial charge >= 0.3 is 11.8 Å². The molecule has 2 N–H and O–H groups in total. The van der Waals surface area contributed by atoms with Crippen LogP contribution in [-0.2, 0) is 9.59 Å². The summed E-state index contributed by atoms with van der Waals surface area (Å²) in [7, 11) is 0. The van der Waals surface area contributed by atoms with E-state index in [9.17, 15) is 9.59 Å². The molecule has 0 radical (unpaired) electrons. The molecular weight excluding hydrogens is 290 g/mol. The molecule has 0 atom stereocenters. The second kappa shape index (κ2) is 6.27. The molecule has 0 spiro atoms. The van der Waals surface area contributed by atoms with Crippen LogP contribution in [0.5, 0.6) is 0 Å². The van der Waals surface area contributed by atoms with Crippen molar-refractivity contribution in [3.05, 3.63) is 66.4 Å². The van der Waals surface area contributed by atoms with E-state index in [2.05, 4.69) is 15.6 Å². The van der Waals surface area contributed by atoms with Crippen molar-refractivity contribution in [3.63, 3.8) is 0 Å². The largest absolute Gasteiger partial charge is 0.318 e. The Labute approximate surface area is 133 Å². The Kier molecular flexibility index (Phi) is 4.01. The van der Waals surface area contributed by atoms with Crippen LogP contribution in [0.15, 0.2) is 60.8 Å². The van der Waals surface area contributed by atoms with Gasteiger partial charge in [0.2, 0.25) is 0 Å². The molecule has 0 saturated heterocycles. The fourth-order valence-corrected chi connectivity index (χ4v) is 2.21. The van der Waals surface area contributed by atoms with Gasteiger partial charge in [-0.3, -0.25) is 14.6 Å². The topological polar surface area (TPSA) is 71.1 Å². The average molecular weight is 305 g/mol. The predicted octanol–water partition coefficient (Wildman–Crippen LogP) is 3.12. The van der Waals surface area contributed by atoms with Crippen molar-refractivity contribution in [1.29, 1.82) is 0 Å². The maximum Gasteiger partial charge on any atom is 0.314 e. The number of pyridine rings is 1.